The highest BCUT2D eigenvalue weighted by molar-refractivity contribution is 5.97. The van der Waals surface area contributed by atoms with Gasteiger partial charge in [0.1, 0.15) is 11.9 Å². The van der Waals surface area contributed by atoms with Gasteiger partial charge in [-0.05, 0) is 66.3 Å². The first-order valence-corrected chi connectivity index (χ1v) is 15.9. The van der Waals surface area contributed by atoms with E-state index in [9.17, 15) is 14.7 Å². The van der Waals surface area contributed by atoms with Crippen LogP contribution in [0.25, 0.3) is 10.8 Å². The van der Waals surface area contributed by atoms with E-state index >= 15 is 0 Å². The van der Waals surface area contributed by atoms with E-state index in [1.807, 2.05) is 61.1 Å². The van der Waals surface area contributed by atoms with Crippen molar-refractivity contribution in [3.8, 4) is 0 Å². The fraction of sp³-hybridized carbons (Fsp3) is 0.417. The summed E-state index contributed by atoms with van der Waals surface area (Å²) in [4.78, 5) is 33.6. The summed E-state index contributed by atoms with van der Waals surface area (Å²) in [5, 5.41) is 21.3. The van der Waals surface area contributed by atoms with Crippen LogP contribution in [0.15, 0.2) is 79.1 Å². The highest BCUT2D eigenvalue weighted by Gasteiger charge is 2.24. The first-order valence-electron chi connectivity index (χ1n) is 15.9. The predicted molar refractivity (Wildman–Crippen MR) is 180 cm³/mol. The average molecular weight is 613 g/mol. The molecule has 0 saturated heterocycles. The monoisotopic (exact) mass is 612 g/mol. The molecule has 9 nitrogen and oxygen atoms in total. The molecule has 0 aliphatic carbocycles. The standard InChI is InChI=1S/C36H48N6O3/c1-26(2)25-42(21-22-43)19-8-13-33(36(45)39-27(3)31-12-7-10-29-9-5-6-11-32(29)31)40-35(44)30-16-14-28(15-17-30)23-37-24-34-38-18-20-41(34)4/h5-7,9-12,14-18,20,26-27,33,37,43H,8,13,19,21-25H2,1-4H3,(H,39,45)(H,40,44)/t27-,33-/m0/s1. The van der Waals surface area contributed by atoms with Crippen molar-refractivity contribution in [3.63, 3.8) is 0 Å². The van der Waals surface area contributed by atoms with Crippen molar-refractivity contribution < 1.29 is 14.7 Å². The van der Waals surface area contributed by atoms with Crippen LogP contribution in [0.5, 0.6) is 0 Å². The van der Waals surface area contributed by atoms with E-state index in [1.54, 1.807) is 18.3 Å². The Morgan fingerprint density at radius 3 is 2.40 bits per heavy atom. The number of aryl methyl sites for hydroxylation is 1. The lowest BCUT2D eigenvalue weighted by atomic mass is 9.99. The molecule has 2 atom stereocenters. The minimum absolute atomic E-state index is 0.0877. The third-order valence-corrected chi connectivity index (χ3v) is 8.03. The summed E-state index contributed by atoms with van der Waals surface area (Å²) in [6.45, 7) is 9.84. The smallest absolute Gasteiger partial charge is 0.251 e. The van der Waals surface area contributed by atoms with E-state index in [0.29, 0.717) is 44.0 Å². The molecule has 0 bridgehead atoms. The third kappa shape index (κ3) is 9.97. The van der Waals surface area contributed by atoms with Crippen molar-refractivity contribution in [3.05, 3.63) is 102 Å². The molecular formula is C36H48N6O3. The predicted octanol–water partition coefficient (Wildman–Crippen LogP) is 4.57. The SMILES string of the molecule is CC(C)CN(CCO)CCC[C@H](NC(=O)c1ccc(CNCc2nccn2C)cc1)C(=O)N[C@@H](C)c1cccc2ccccc12. The van der Waals surface area contributed by atoms with Crippen LogP contribution in [0.4, 0.5) is 0 Å². The van der Waals surface area contributed by atoms with Crippen LogP contribution < -0.4 is 16.0 Å². The molecule has 240 valence electrons. The Hall–Kier alpha value is -4.05. The number of benzene rings is 3. The Morgan fingerprint density at radius 2 is 1.69 bits per heavy atom. The van der Waals surface area contributed by atoms with Crippen molar-refractivity contribution in [2.75, 3.05) is 26.2 Å². The Balaban J connectivity index is 1.41. The second kappa shape index (κ2) is 16.9. The minimum atomic E-state index is -0.705. The zero-order chi connectivity index (χ0) is 32.2. The van der Waals surface area contributed by atoms with Gasteiger partial charge in [-0.3, -0.25) is 9.59 Å². The van der Waals surface area contributed by atoms with Gasteiger partial charge >= 0.3 is 0 Å². The lowest BCUT2D eigenvalue weighted by Gasteiger charge is -2.26. The molecule has 3 aromatic carbocycles. The zero-order valence-electron chi connectivity index (χ0n) is 27.0. The molecule has 0 aliphatic rings. The number of carbonyl (C=O) groups excluding carboxylic acids is 2. The fourth-order valence-corrected chi connectivity index (χ4v) is 5.66. The number of hydrogen-bond acceptors (Lipinski definition) is 6. The summed E-state index contributed by atoms with van der Waals surface area (Å²) in [7, 11) is 1.96. The Kier molecular flexibility index (Phi) is 12.7. The van der Waals surface area contributed by atoms with Gasteiger partial charge in [0.25, 0.3) is 5.91 Å². The van der Waals surface area contributed by atoms with E-state index in [-0.39, 0.29) is 24.5 Å². The molecule has 0 saturated carbocycles. The summed E-state index contributed by atoms with van der Waals surface area (Å²) in [6.07, 6.45) is 4.88. The quantitative estimate of drug-likeness (QED) is 0.139. The van der Waals surface area contributed by atoms with Gasteiger partial charge in [-0.2, -0.15) is 0 Å². The van der Waals surface area contributed by atoms with Gasteiger partial charge in [-0.1, -0.05) is 68.4 Å². The van der Waals surface area contributed by atoms with E-state index in [0.717, 1.165) is 40.8 Å². The number of carbonyl (C=O) groups is 2. The lowest BCUT2D eigenvalue weighted by Crippen LogP contribution is -2.47. The number of nitrogens with one attached hydrogen (secondary N) is 3. The number of hydrogen-bond donors (Lipinski definition) is 4. The highest BCUT2D eigenvalue weighted by Crippen LogP contribution is 2.24. The molecule has 45 heavy (non-hydrogen) atoms. The first-order chi connectivity index (χ1) is 21.7. The summed E-state index contributed by atoms with van der Waals surface area (Å²) in [5.74, 6) is 0.921. The van der Waals surface area contributed by atoms with Crippen LogP contribution in [0, 0.1) is 5.92 Å². The Bertz CT molecular complexity index is 1510. The fourth-order valence-electron chi connectivity index (χ4n) is 5.66. The van der Waals surface area contributed by atoms with Gasteiger partial charge in [0, 0.05) is 44.6 Å². The van der Waals surface area contributed by atoms with Gasteiger partial charge in [0.2, 0.25) is 5.91 Å². The molecule has 0 unspecified atom stereocenters. The first kappa shape index (κ1) is 33.8. The van der Waals surface area contributed by atoms with Crippen LogP contribution in [0.1, 0.15) is 67.0 Å². The number of aliphatic hydroxyl groups excluding tert-OH is 1. The topological polar surface area (TPSA) is 112 Å². The molecule has 9 heteroatoms. The molecule has 4 aromatic rings. The largest absolute Gasteiger partial charge is 0.395 e. The molecule has 0 spiro atoms. The van der Waals surface area contributed by atoms with Crippen LogP contribution in [0.2, 0.25) is 0 Å². The average Bonchev–Trinajstić information content (AvgIpc) is 3.44. The summed E-state index contributed by atoms with van der Waals surface area (Å²) < 4.78 is 1.98. The maximum atomic E-state index is 13.7. The van der Waals surface area contributed by atoms with Crippen molar-refractivity contribution in [1.82, 2.24) is 30.4 Å². The van der Waals surface area contributed by atoms with Gasteiger partial charge in [-0.15, -0.1) is 0 Å². The normalized spacial score (nSPS) is 12.9. The third-order valence-electron chi connectivity index (χ3n) is 8.03. The number of nitrogens with zero attached hydrogens (tertiary/aromatic N) is 3. The summed E-state index contributed by atoms with van der Waals surface area (Å²) >= 11 is 0. The molecule has 0 aliphatic heterocycles. The molecule has 0 fully saturated rings. The summed E-state index contributed by atoms with van der Waals surface area (Å²) in [5.41, 5.74) is 2.59. The maximum Gasteiger partial charge on any atom is 0.251 e. The lowest BCUT2D eigenvalue weighted by molar-refractivity contribution is -0.123. The van der Waals surface area contributed by atoms with Crippen LogP contribution in [0.3, 0.4) is 0 Å². The second-order valence-electron chi connectivity index (χ2n) is 12.1. The Morgan fingerprint density at radius 1 is 0.933 bits per heavy atom. The van der Waals surface area contributed by atoms with Crippen molar-refractivity contribution in [1.29, 1.82) is 0 Å². The Labute approximate surface area is 267 Å². The number of rotatable bonds is 17. The molecule has 4 N–H and O–H groups in total. The van der Waals surface area contributed by atoms with Crippen LogP contribution >= 0.6 is 0 Å². The molecule has 1 heterocycles. The number of amides is 2. The van der Waals surface area contributed by atoms with Gasteiger partial charge < -0.3 is 30.5 Å². The number of aromatic nitrogens is 2. The minimum Gasteiger partial charge on any atom is -0.395 e. The zero-order valence-corrected chi connectivity index (χ0v) is 27.0. The van der Waals surface area contributed by atoms with Crippen molar-refractivity contribution in [2.24, 2.45) is 13.0 Å². The van der Waals surface area contributed by atoms with Gasteiger partial charge in [-0.25, -0.2) is 4.98 Å². The van der Waals surface area contributed by atoms with Crippen molar-refractivity contribution >= 4 is 22.6 Å². The number of fused-ring (bicyclic) bond motifs is 1. The molecule has 0 radical (unpaired) electrons. The number of aliphatic hydroxyl groups is 1. The summed E-state index contributed by atoms with van der Waals surface area (Å²) in [6, 6.07) is 20.7. The van der Waals surface area contributed by atoms with E-state index in [1.165, 1.54) is 0 Å². The highest BCUT2D eigenvalue weighted by atomic mass is 16.3. The van der Waals surface area contributed by atoms with E-state index < -0.39 is 6.04 Å². The molecule has 4 rings (SSSR count). The molecular weight excluding hydrogens is 564 g/mol. The van der Waals surface area contributed by atoms with Gasteiger partial charge in [0.05, 0.1) is 19.2 Å². The molecule has 2 amide bonds. The van der Waals surface area contributed by atoms with E-state index in [2.05, 4.69) is 57.9 Å². The van der Waals surface area contributed by atoms with Gasteiger partial charge in [0.15, 0.2) is 0 Å². The second-order valence-corrected chi connectivity index (χ2v) is 12.1. The maximum absolute atomic E-state index is 13.7. The van der Waals surface area contributed by atoms with E-state index in [4.69, 9.17) is 0 Å². The molecule has 1 aromatic heterocycles. The van der Waals surface area contributed by atoms with Crippen LogP contribution in [-0.2, 0) is 24.9 Å². The van der Waals surface area contributed by atoms with Crippen molar-refractivity contribution in [2.45, 2.75) is 58.8 Å². The number of imidazole rings is 1. The van der Waals surface area contributed by atoms with Crippen LogP contribution in [-0.4, -0.2) is 63.7 Å².